The van der Waals surface area contributed by atoms with E-state index in [9.17, 15) is 4.79 Å². The van der Waals surface area contributed by atoms with Crippen molar-refractivity contribution in [3.63, 3.8) is 0 Å². The Kier molecular flexibility index (Phi) is 6.28. The van der Waals surface area contributed by atoms with Crippen LogP contribution in [0.15, 0.2) is 0 Å². The van der Waals surface area contributed by atoms with Crippen LogP contribution in [-0.2, 0) is 4.79 Å². The topological polar surface area (TPSA) is 46.3 Å². The van der Waals surface area contributed by atoms with Gasteiger partial charge < -0.3 is 10.6 Å². The number of rotatable bonds is 3. The predicted molar refractivity (Wildman–Crippen MR) is 72.2 cm³/mol. The van der Waals surface area contributed by atoms with Crippen molar-refractivity contribution < 1.29 is 4.79 Å². The van der Waals surface area contributed by atoms with Crippen LogP contribution < -0.4 is 5.73 Å². The molecule has 1 heterocycles. The lowest BCUT2D eigenvalue weighted by atomic mass is 9.83. The van der Waals surface area contributed by atoms with Gasteiger partial charge in [0.2, 0.25) is 5.91 Å². The maximum absolute atomic E-state index is 11.9. The summed E-state index contributed by atoms with van der Waals surface area (Å²) in [5.41, 5.74) is 5.47. The van der Waals surface area contributed by atoms with E-state index in [1.54, 1.807) is 0 Å². The highest BCUT2D eigenvalue weighted by molar-refractivity contribution is 5.85. The molecule has 1 unspecified atom stereocenters. The summed E-state index contributed by atoms with van der Waals surface area (Å²) in [5.74, 6) is 1.06. The summed E-state index contributed by atoms with van der Waals surface area (Å²) in [5, 5.41) is 0. The molecule has 0 aromatic heterocycles. The van der Waals surface area contributed by atoms with Crippen LogP contribution in [0.5, 0.6) is 0 Å². The number of amides is 1. The molecule has 0 aromatic carbocycles. The van der Waals surface area contributed by atoms with Crippen molar-refractivity contribution in [3.8, 4) is 0 Å². The fraction of sp³-hybridized carbons (Fsp3) is 0.923. The molecule has 2 rings (SSSR count). The molecule has 1 saturated carbocycles. The Morgan fingerprint density at radius 3 is 2.47 bits per heavy atom. The van der Waals surface area contributed by atoms with Crippen molar-refractivity contribution in [1.29, 1.82) is 0 Å². The molecule has 1 aliphatic carbocycles. The van der Waals surface area contributed by atoms with E-state index in [2.05, 4.69) is 4.90 Å². The molecule has 0 radical (unpaired) electrons. The van der Waals surface area contributed by atoms with Crippen LogP contribution in [0.25, 0.3) is 0 Å². The lowest BCUT2D eigenvalue weighted by Gasteiger charge is -2.34. The molecule has 4 heteroatoms. The summed E-state index contributed by atoms with van der Waals surface area (Å²) in [6, 6.07) is 0.541. The summed E-state index contributed by atoms with van der Waals surface area (Å²) in [6.45, 7) is 1.46. The molecule has 2 aliphatic rings. The maximum atomic E-state index is 11.9. The first-order valence-corrected chi connectivity index (χ1v) is 6.82. The van der Waals surface area contributed by atoms with Crippen LogP contribution in [0.1, 0.15) is 51.4 Å². The summed E-state index contributed by atoms with van der Waals surface area (Å²) >= 11 is 0. The number of halogens is 1. The number of carbonyl (C=O) groups excluding carboxylic acids is 1. The lowest BCUT2D eigenvalue weighted by Crippen LogP contribution is -2.41. The van der Waals surface area contributed by atoms with Crippen molar-refractivity contribution in [2.45, 2.75) is 57.4 Å². The smallest absolute Gasteiger partial charge is 0.224 e. The molecule has 0 spiro atoms. The van der Waals surface area contributed by atoms with Crippen molar-refractivity contribution >= 4 is 18.3 Å². The van der Waals surface area contributed by atoms with E-state index >= 15 is 0 Å². The first-order valence-electron chi connectivity index (χ1n) is 6.82. The zero-order valence-electron chi connectivity index (χ0n) is 10.6. The minimum atomic E-state index is 0. The van der Waals surface area contributed by atoms with E-state index in [1.165, 1.54) is 44.9 Å². The fourth-order valence-electron chi connectivity index (χ4n) is 3.38. The molecule has 0 bridgehead atoms. The van der Waals surface area contributed by atoms with E-state index in [0.29, 0.717) is 19.0 Å². The second-order valence-corrected chi connectivity index (χ2v) is 5.23. The standard InChI is InChI=1S/C13H24N2O.ClH/c14-9-8-13(16)15-10-4-7-12(15)11-5-2-1-3-6-11;/h11-12H,1-10,14H2;1H. The Morgan fingerprint density at radius 2 is 1.82 bits per heavy atom. The normalized spacial score (nSPS) is 25.7. The van der Waals surface area contributed by atoms with Crippen LogP contribution in [-0.4, -0.2) is 29.9 Å². The largest absolute Gasteiger partial charge is 0.339 e. The molecule has 2 fully saturated rings. The van der Waals surface area contributed by atoms with Gasteiger partial charge in [-0.25, -0.2) is 0 Å². The molecular formula is C13H25ClN2O. The number of hydrogen-bond donors (Lipinski definition) is 1. The van der Waals surface area contributed by atoms with Crippen LogP contribution >= 0.6 is 12.4 Å². The molecular weight excluding hydrogens is 236 g/mol. The third-order valence-electron chi connectivity index (χ3n) is 4.17. The van der Waals surface area contributed by atoms with E-state index in [4.69, 9.17) is 5.73 Å². The molecule has 1 aliphatic heterocycles. The number of nitrogens with two attached hydrogens (primary N) is 1. The van der Waals surface area contributed by atoms with Gasteiger partial charge in [-0.3, -0.25) is 4.79 Å². The zero-order chi connectivity index (χ0) is 11.4. The number of hydrogen-bond acceptors (Lipinski definition) is 2. The van der Waals surface area contributed by atoms with E-state index in [0.717, 1.165) is 12.5 Å². The average Bonchev–Trinajstić information content (AvgIpc) is 2.79. The Balaban J connectivity index is 0.00000144. The van der Waals surface area contributed by atoms with E-state index in [1.807, 2.05) is 0 Å². The quantitative estimate of drug-likeness (QED) is 0.847. The highest BCUT2D eigenvalue weighted by atomic mass is 35.5. The molecule has 1 amide bonds. The molecule has 3 nitrogen and oxygen atoms in total. The van der Waals surface area contributed by atoms with Gasteiger partial charge in [0.1, 0.15) is 0 Å². The van der Waals surface area contributed by atoms with E-state index in [-0.39, 0.29) is 18.3 Å². The molecule has 17 heavy (non-hydrogen) atoms. The Hall–Kier alpha value is -0.280. The van der Waals surface area contributed by atoms with Gasteiger partial charge in [-0.15, -0.1) is 12.4 Å². The molecule has 1 saturated heterocycles. The number of carbonyl (C=O) groups is 1. The van der Waals surface area contributed by atoms with Crippen LogP contribution in [0.2, 0.25) is 0 Å². The predicted octanol–water partition coefficient (Wildman–Crippen LogP) is 2.33. The van der Waals surface area contributed by atoms with Gasteiger partial charge in [0.05, 0.1) is 0 Å². The summed E-state index contributed by atoms with van der Waals surface area (Å²) in [4.78, 5) is 14.1. The summed E-state index contributed by atoms with van der Waals surface area (Å²) < 4.78 is 0. The van der Waals surface area contributed by atoms with Crippen LogP contribution in [0.4, 0.5) is 0 Å². The average molecular weight is 261 g/mol. The highest BCUT2D eigenvalue weighted by Crippen LogP contribution is 2.34. The van der Waals surface area contributed by atoms with Gasteiger partial charge in [-0.1, -0.05) is 19.3 Å². The second kappa shape index (κ2) is 7.22. The van der Waals surface area contributed by atoms with Crippen molar-refractivity contribution in [2.75, 3.05) is 13.1 Å². The van der Waals surface area contributed by atoms with Crippen LogP contribution in [0, 0.1) is 5.92 Å². The molecule has 1 atom stereocenters. The number of nitrogens with zero attached hydrogens (tertiary/aromatic N) is 1. The highest BCUT2D eigenvalue weighted by Gasteiger charge is 2.34. The van der Waals surface area contributed by atoms with Gasteiger partial charge in [0, 0.05) is 25.6 Å². The fourth-order valence-corrected chi connectivity index (χ4v) is 3.38. The monoisotopic (exact) mass is 260 g/mol. The van der Waals surface area contributed by atoms with Gasteiger partial charge in [0.15, 0.2) is 0 Å². The zero-order valence-corrected chi connectivity index (χ0v) is 11.4. The first-order chi connectivity index (χ1) is 7.83. The lowest BCUT2D eigenvalue weighted by molar-refractivity contribution is -0.132. The third kappa shape index (κ3) is 3.59. The van der Waals surface area contributed by atoms with Crippen LogP contribution in [0.3, 0.4) is 0 Å². The molecule has 2 N–H and O–H groups in total. The van der Waals surface area contributed by atoms with Crippen molar-refractivity contribution in [1.82, 2.24) is 4.90 Å². The summed E-state index contributed by atoms with van der Waals surface area (Å²) in [7, 11) is 0. The minimum absolute atomic E-state index is 0. The first kappa shape index (κ1) is 14.8. The van der Waals surface area contributed by atoms with Gasteiger partial charge in [0.25, 0.3) is 0 Å². The molecule has 100 valence electrons. The van der Waals surface area contributed by atoms with Gasteiger partial charge >= 0.3 is 0 Å². The Labute approximate surface area is 111 Å². The van der Waals surface area contributed by atoms with Crippen molar-refractivity contribution in [2.24, 2.45) is 11.7 Å². The minimum Gasteiger partial charge on any atom is -0.339 e. The SMILES string of the molecule is Cl.NCCC(=O)N1CCCC1C1CCCCC1. The van der Waals surface area contributed by atoms with Crippen molar-refractivity contribution in [3.05, 3.63) is 0 Å². The second-order valence-electron chi connectivity index (χ2n) is 5.23. The van der Waals surface area contributed by atoms with Gasteiger partial charge in [-0.2, -0.15) is 0 Å². The van der Waals surface area contributed by atoms with Gasteiger partial charge in [-0.05, 0) is 31.6 Å². The Morgan fingerprint density at radius 1 is 1.12 bits per heavy atom. The summed E-state index contributed by atoms with van der Waals surface area (Å²) in [6.07, 6.45) is 9.72. The van der Waals surface area contributed by atoms with E-state index < -0.39 is 0 Å². The Bertz CT molecular complexity index is 242. The number of likely N-dealkylation sites (tertiary alicyclic amines) is 1. The third-order valence-corrected chi connectivity index (χ3v) is 4.17. The molecule has 0 aromatic rings. The maximum Gasteiger partial charge on any atom is 0.224 e.